The van der Waals surface area contributed by atoms with Crippen LogP contribution in [0.1, 0.15) is 31.1 Å². The fraction of sp³-hybridized carbons (Fsp3) is 0.368. The van der Waals surface area contributed by atoms with Crippen molar-refractivity contribution in [2.75, 3.05) is 6.54 Å². The Morgan fingerprint density at radius 2 is 1.88 bits per heavy atom. The van der Waals surface area contributed by atoms with Crippen molar-refractivity contribution in [2.45, 2.75) is 38.6 Å². The zero-order valence-corrected chi connectivity index (χ0v) is 14.0. The topological polar surface area (TPSA) is 71.3 Å². The predicted molar refractivity (Wildman–Crippen MR) is 92.4 cm³/mol. The summed E-state index contributed by atoms with van der Waals surface area (Å²) in [6.45, 7) is 2.32. The minimum absolute atomic E-state index is 0.0537. The molecule has 0 aliphatic heterocycles. The van der Waals surface area contributed by atoms with Gasteiger partial charge in [-0.25, -0.2) is 0 Å². The van der Waals surface area contributed by atoms with Crippen LogP contribution in [0.4, 0.5) is 0 Å². The number of nitrogens with one attached hydrogen (secondary N) is 2. The largest absolute Gasteiger partial charge is 0.469 e. The van der Waals surface area contributed by atoms with Crippen molar-refractivity contribution < 1.29 is 14.0 Å². The van der Waals surface area contributed by atoms with Crippen LogP contribution in [0.2, 0.25) is 0 Å². The Kier molecular flexibility index (Phi) is 7.08. The highest BCUT2D eigenvalue weighted by Crippen LogP contribution is 2.05. The predicted octanol–water partition coefficient (Wildman–Crippen LogP) is 2.47. The zero-order valence-electron chi connectivity index (χ0n) is 14.0. The molecular formula is C19H24N2O3. The van der Waals surface area contributed by atoms with Crippen LogP contribution >= 0.6 is 0 Å². The lowest BCUT2D eigenvalue weighted by atomic mass is 10.1. The lowest BCUT2D eigenvalue weighted by Crippen LogP contribution is -2.36. The normalized spacial score (nSPS) is 11.7. The maximum Gasteiger partial charge on any atom is 0.224 e. The van der Waals surface area contributed by atoms with Crippen molar-refractivity contribution in [3.05, 3.63) is 60.1 Å². The van der Waals surface area contributed by atoms with Gasteiger partial charge in [0.05, 0.1) is 12.7 Å². The number of amides is 2. The van der Waals surface area contributed by atoms with Crippen LogP contribution in [0, 0.1) is 0 Å². The molecule has 128 valence electrons. The molecule has 0 spiro atoms. The monoisotopic (exact) mass is 328 g/mol. The molecule has 0 aliphatic carbocycles. The molecule has 2 rings (SSSR count). The molecule has 1 aromatic carbocycles. The Labute approximate surface area is 142 Å². The molecule has 5 heteroatoms. The second kappa shape index (κ2) is 9.55. The van der Waals surface area contributed by atoms with Crippen LogP contribution in [-0.4, -0.2) is 24.4 Å². The molecule has 0 saturated heterocycles. The van der Waals surface area contributed by atoms with Gasteiger partial charge >= 0.3 is 0 Å². The van der Waals surface area contributed by atoms with Crippen molar-refractivity contribution in [1.82, 2.24) is 10.6 Å². The van der Waals surface area contributed by atoms with Gasteiger partial charge in [0.15, 0.2) is 0 Å². The fourth-order valence-corrected chi connectivity index (χ4v) is 2.39. The standard InChI is InChI=1S/C19H24N2O3/c1-15(9-10-17-8-5-13-24-17)21-18(22)11-12-20-19(23)14-16-6-3-2-4-7-16/h2-8,13,15H,9-12,14H2,1H3,(H,20,23)(H,21,22). The van der Waals surface area contributed by atoms with Gasteiger partial charge in [-0.05, 0) is 31.0 Å². The summed E-state index contributed by atoms with van der Waals surface area (Å²) in [5, 5.41) is 5.71. The molecule has 2 amide bonds. The van der Waals surface area contributed by atoms with Gasteiger partial charge in [0, 0.05) is 25.4 Å². The highest BCUT2D eigenvalue weighted by molar-refractivity contribution is 5.80. The van der Waals surface area contributed by atoms with E-state index in [0.717, 1.165) is 24.2 Å². The van der Waals surface area contributed by atoms with Gasteiger partial charge in [0.1, 0.15) is 5.76 Å². The first-order valence-electron chi connectivity index (χ1n) is 8.26. The van der Waals surface area contributed by atoms with Gasteiger partial charge < -0.3 is 15.1 Å². The number of hydrogen-bond donors (Lipinski definition) is 2. The van der Waals surface area contributed by atoms with Gasteiger partial charge in [-0.2, -0.15) is 0 Å². The summed E-state index contributed by atoms with van der Waals surface area (Å²) in [6, 6.07) is 13.4. The second-order valence-electron chi connectivity index (χ2n) is 5.85. The van der Waals surface area contributed by atoms with E-state index >= 15 is 0 Å². The number of aryl methyl sites for hydroxylation is 1. The van der Waals surface area contributed by atoms with E-state index in [1.54, 1.807) is 6.26 Å². The highest BCUT2D eigenvalue weighted by Gasteiger charge is 2.09. The molecule has 2 N–H and O–H groups in total. The lowest BCUT2D eigenvalue weighted by molar-refractivity contribution is -0.122. The van der Waals surface area contributed by atoms with Gasteiger partial charge in [-0.15, -0.1) is 0 Å². The second-order valence-corrected chi connectivity index (χ2v) is 5.85. The quantitative estimate of drug-likeness (QED) is 0.743. The molecular weight excluding hydrogens is 304 g/mol. The van der Waals surface area contributed by atoms with E-state index in [0.29, 0.717) is 13.0 Å². The third-order valence-electron chi connectivity index (χ3n) is 3.69. The number of carbonyl (C=O) groups excluding carboxylic acids is 2. The first-order chi connectivity index (χ1) is 11.6. The Morgan fingerprint density at radius 1 is 1.08 bits per heavy atom. The zero-order chi connectivity index (χ0) is 17.2. The first kappa shape index (κ1) is 17.8. The van der Waals surface area contributed by atoms with Crippen LogP contribution in [0.3, 0.4) is 0 Å². The fourth-order valence-electron chi connectivity index (χ4n) is 2.39. The van der Waals surface area contributed by atoms with E-state index < -0.39 is 0 Å². The number of furan rings is 1. The van der Waals surface area contributed by atoms with Gasteiger partial charge in [-0.1, -0.05) is 30.3 Å². The Balaban J connectivity index is 1.58. The van der Waals surface area contributed by atoms with E-state index in [2.05, 4.69) is 10.6 Å². The summed E-state index contributed by atoms with van der Waals surface area (Å²) in [5.41, 5.74) is 0.964. The average Bonchev–Trinajstić information content (AvgIpc) is 3.07. The van der Waals surface area contributed by atoms with Crippen LogP contribution in [0.25, 0.3) is 0 Å². The summed E-state index contributed by atoms with van der Waals surface area (Å²) in [5.74, 6) is 0.797. The first-order valence-corrected chi connectivity index (χ1v) is 8.26. The van der Waals surface area contributed by atoms with Gasteiger partial charge in [-0.3, -0.25) is 9.59 Å². The molecule has 1 atom stereocenters. The minimum atomic E-state index is -0.0696. The number of benzene rings is 1. The summed E-state index contributed by atoms with van der Waals surface area (Å²) in [7, 11) is 0. The summed E-state index contributed by atoms with van der Waals surface area (Å²) in [4.78, 5) is 23.7. The maximum absolute atomic E-state index is 11.9. The lowest BCUT2D eigenvalue weighted by Gasteiger charge is -2.13. The smallest absolute Gasteiger partial charge is 0.224 e. The maximum atomic E-state index is 11.9. The summed E-state index contributed by atoms with van der Waals surface area (Å²) < 4.78 is 5.27. The Bertz CT molecular complexity index is 623. The molecule has 0 bridgehead atoms. The molecule has 1 unspecified atom stereocenters. The molecule has 0 saturated carbocycles. The molecule has 2 aromatic rings. The molecule has 24 heavy (non-hydrogen) atoms. The molecule has 0 fully saturated rings. The van der Waals surface area contributed by atoms with E-state index in [4.69, 9.17) is 4.42 Å². The molecule has 1 aromatic heterocycles. The van der Waals surface area contributed by atoms with Crippen LogP contribution < -0.4 is 10.6 Å². The van der Waals surface area contributed by atoms with E-state index in [-0.39, 0.29) is 24.3 Å². The van der Waals surface area contributed by atoms with Crippen LogP contribution in [0.5, 0.6) is 0 Å². The number of rotatable bonds is 9. The number of carbonyl (C=O) groups is 2. The number of hydrogen-bond acceptors (Lipinski definition) is 3. The average molecular weight is 328 g/mol. The third kappa shape index (κ3) is 6.69. The highest BCUT2D eigenvalue weighted by atomic mass is 16.3. The van der Waals surface area contributed by atoms with Crippen molar-refractivity contribution in [2.24, 2.45) is 0 Å². The van der Waals surface area contributed by atoms with Crippen molar-refractivity contribution in [3.63, 3.8) is 0 Å². The van der Waals surface area contributed by atoms with Crippen LogP contribution in [-0.2, 0) is 22.4 Å². The minimum Gasteiger partial charge on any atom is -0.469 e. The van der Waals surface area contributed by atoms with E-state index in [1.807, 2.05) is 49.4 Å². The Hall–Kier alpha value is -2.56. The van der Waals surface area contributed by atoms with Gasteiger partial charge in [0.2, 0.25) is 11.8 Å². The van der Waals surface area contributed by atoms with Crippen molar-refractivity contribution in [3.8, 4) is 0 Å². The molecule has 0 radical (unpaired) electrons. The van der Waals surface area contributed by atoms with E-state index in [9.17, 15) is 9.59 Å². The Morgan fingerprint density at radius 3 is 2.58 bits per heavy atom. The van der Waals surface area contributed by atoms with Gasteiger partial charge in [0.25, 0.3) is 0 Å². The third-order valence-corrected chi connectivity index (χ3v) is 3.69. The molecule has 0 aliphatic rings. The molecule has 1 heterocycles. The van der Waals surface area contributed by atoms with Crippen molar-refractivity contribution >= 4 is 11.8 Å². The van der Waals surface area contributed by atoms with Crippen molar-refractivity contribution in [1.29, 1.82) is 0 Å². The summed E-state index contributed by atoms with van der Waals surface area (Å²) in [6.07, 6.45) is 3.88. The van der Waals surface area contributed by atoms with Crippen LogP contribution in [0.15, 0.2) is 53.1 Å². The molecule has 5 nitrogen and oxygen atoms in total. The SMILES string of the molecule is CC(CCc1ccco1)NC(=O)CCNC(=O)Cc1ccccc1. The summed E-state index contributed by atoms with van der Waals surface area (Å²) >= 11 is 0. The van der Waals surface area contributed by atoms with E-state index in [1.165, 1.54) is 0 Å².